The van der Waals surface area contributed by atoms with E-state index in [4.69, 9.17) is 0 Å². The Hall–Kier alpha value is 0.130. The van der Waals surface area contributed by atoms with Crippen LogP contribution in [0.5, 0.6) is 0 Å². The van der Waals surface area contributed by atoms with E-state index in [0.717, 1.165) is 6.42 Å². The second-order valence-corrected chi connectivity index (χ2v) is 8.61. The van der Waals surface area contributed by atoms with E-state index in [-0.39, 0.29) is 0 Å². The van der Waals surface area contributed by atoms with Gasteiger partial charge >= 0.3 is 0 Å². The summed E-state index contributed by atoms with van der Waals surface area (Å²) in [5.74, 6) is 0.717. The number of hydrogen-bond acceptors (Lipinski definition) is 1. The number of thiophene rings is 1. The van der Waals surface area contributed by atoms with Gasteiger partial charge in [-0.1, -0.05) is 54.0 Å². The molecule has 0 radical (unpaired) electrons. The Balaban J connectivity index is 2.14. The third kappa shape index (κ3) is 3.81. The number of alkyl halides is 1. The van der Waals surface area contributed by atoms with Gasteiger partial charge in [-0.15, -0.1) is 11.3 Å². The predicted molar refractivity (Wildman–Crippen MR) is 92.8 cm³/mol. The fourth-order valence-electron chi connectivity index (χ4n) is 1.94. The molecule has 0 bridgehead atoms. The highest BCUT2D eigenvalue weighted by Crippen LogP contribution is 2.34. The molecule has 0 amide bonds. The van der Waals surface area contributed by atoms with E-state index >= 15 is 0 Å². The van der Waals surface area contributed by atoms with E-state index in [1.807, 2.05) is 0 Å². The number of hydrogen-bond donors (Lipinski definition) is 0. The van der Waals surface area contributed by atoms with Crippen LogP contribution in [0.25, 0.3) is 0 Å². The highest BCUT2D eigenvalue weighted by molar-refractivity contribution is 14.1. The third-order valence-corrected chi connectivity index (χ3v) is 5.66. The third-order valence-electron chi connectivity index (χ3n) is 2.80. The molecule has 18 heavy (non-hydrogen) atoms. The number of halogens is 2. The summed E-state index contributed by atoms with van der Waals surface area (Å²) in [6, 6.07) is 11.2. The van der Waals surface area contributed by atoms with Crippen molar-refractivity contribution < 1.29 is 0 Å². The monoisotopic (exact) mass is 434 g/mol. The Labute approximate surface area is 135 Å². The number of rotatable bonds is 4. The van der Waals surface area contributed by atoms with Gasteiger partial charge in [-0.3, -0.25) is 0 Å². The average Bonchev–Trinajstić information content (AvgIpc) is 2.75. The van der Waals surface area contributed by atoms with Gasteiger partial charge in [-0.2, -0.15) is 0 Å². The van der Waals surface area contributed by atoms with Gasteiger partial charge in [0.1, 0.15) is 0 Å². The van der Waals surface area contributed by atoms with Crippen molar-refractivity contribution in [1.82, 2.24) is 0 Å². The SMILES string of the molecule is CC(C)Cc1ccc(C(Br)c2csc(I)c2)cc1. The van der Waals surface area contributed by atoms with Crippen molar-refractivity contribution >= 4 is 49.9 Å². The Morgan fingerprint density at radius 1 is 1.17 bits per heavy atom. The zero-order valence-corrected chi connectivity index (χ0v) is 15.1. The second-order valence-electron chi connectivity index (χ2n) is 4.89. The van der Waals surface area contributed by atoms with Gasteiger partial charge in [-0.05, 0) is 63.1 Å². The van der Waals surface area contributed by atoms with Crippen LogP contribution in [0.4, 0.5) is 0 Å². The van der Waals surface area contributed by atoms with Crippen molar-refractivity contribution in [3.05, 3.63) is 55.3 Å². The van der Waals surface area contributed by atoms with Crippen LogP contribution in [-0.2, 0) is 6.42 Å². The molecular weight excluding hydrogens is 419 g/mol. The quantitative estimate of drug-likeness (QED) is 0.406. The summed E-state index contributed by atoms with van der Waals surface area (Å²) in [7, 11) is 0. The molecule has 0 aliphatic heterocycles. The van der Waals surface area contributed by atoms with Crippen LogP contribution in [0.15, 0.2) is 35.7 Å². The molecule has 1 aromatic carbocycles. The molecule has 0 saturated heterocycles. The summed E-state index contributed by atoms with van der Waals surface area (Å²) < 4.78 is 1.34. The molecule has 1 heterocycles. The van der Waals surface area contributed by atoms with Crippen LogP contribution >= 0.6 is 49.9 Å². The summed E-state index contributed by atoms with van der Waals surface area (Å²) >= 11 is 7.95. The highest BCUT2D eigenvalue weighted by Gasteiger charge is 2.11. The lowest BCUT2D eigenvalue weighted by Gasteiger charge is -2.10. The van der Waals surface area contributed by atoms with Crippen molar-refractivity contribution in [2.24, 2.45) is 5.92 Å². The van der Waals surface area contributed by atoms with Crippen molar-refractivity contribution in [3.8, 4) is 0 Å². The smallest absolute Gasteiger partial charge is 0.0656 e. The van der Waals surface area contributed by atoms with Gasteiger partial charge in [0, 0.05) is 0 Å². The Bertz CT molecular complexity index is 501. The zero-order chi connectivity index (χ0) is 13.1. The average molecular weight is 435 g/mol. The molecule has 2 rings (SSSR count). The van der Waals surface area contributed by atoms with Crippen LogP contribution in [0, 0.1) is 8.80 Å². The van der Waals surface area contributed by atoms with Crippen molar-refractivity contribution in [1.29, 1.82) is 0 Å². The van der Waals surface area contributed by atoms with Gasteiger partial charge < -0.3 is 0 Å². The standard InChI is InChI=1S/C15H16BrIS/c1-10(2)7-11-3-5-12(6-4-11)15(16)13-8-14(17)18-9-13/h3-6,8-10,15H,7H2,1-2H3. The molecule has 0 spiro atoms. The molecular formula is C15H16BrIS. The van der Waals surface area contributed by atoms with Crippen LogP contribution in [0.2, 0.25) is 0 Å². The van der Waals surface area contributed by atoms with Crippen LogP contribution in [0.3, 0.4) is 0 Å². The highest BCUT2D eigenvalue weighted by atomic mass is 127. The lowest BCUT2D eigenvalue weighted by Crippen LogP contribution is -1.95. The topological polar surface area (TPSA) is 0 Å². The minimum atomic E-state index is 0.311. The van der Waals surface area contributed by atoms with Crippen molar-refractivity contribution in [2.45, 2.75) is 25.1 Å². The molecule has 0 saturated carbocycles. The van der Waals surface area contributed by atoms with E-state index in [0.29, 0.717) is 10.7 Å². The maximum absolute atomic E-state index is 3.79. The molecule has 0 nitrogen and oxygen atoms in total. The van der Waals surface area contributed by atoms with Crippen molar-refractivity contribution in [2.75, 3.05) is 0 Å². The molecule has 0 aliphatic rings. The normalized spacial score (nSPS) is 12.9. The first-order valence-corrected chi connectivity index (χ1v) is 8.90. The summed E-state index contributed by atoms with van der Waals surface area (Å²) in [6.07, 6.45) is 1.16. The maximum atomic E-state index is 3.79. The fraction of sp³-hybridized carbons (Fsp3) is 0.333. The summed E-state index contributed by atoms with van der Waals surface area (Å²) in [4.78, 5) is 0.311. The van der Waals surface area contributed by atoms with Gasteiger partial charge in [0.15, 0.2) is 0 Å². The molecule has 0 fully saturated rings. The summed E-state index contributed by atoms with van der Waals surface area (Å²) in [5.41, 5.74) is 4.10. The molecule has 1 unspecified atom stereocenters. The molecule has 2 aromatic rings. The zero-order valence-electron chi connectivity index (χ0n) is 10.5. The maximum Gasteiger partial charge on any atom is 0.0656 e. The van der Waals surface area contributed by atoms with Gasteiger partial charge in [-0.25, -0.2) is 0 Å². The van der Waals surface area contributed by atoms with Crippen molar-refractivity contribution in [3.63, 3.8) is 0 Å². The fourth-order valence-corrected chi connectivity index (χ4v) is 4.09. The van der Waals surface area contributed by atoms with Crippen LogP contribution < -0.4 is 0 Å². The van der Waals surface area contributed by atoms with Crippen LogP contribution in [0.1, 0.15) is 35.4 Å². The molecule has 0 aliphatic carbocycles. The van der Waals surface area contributed by atoms with E-state index in [2.05, 4.69) is 88.1 Å². The second kappa shape index (κ2) is 6.53. The first kappa shape index (κ1) is 14.5. The lowest BCUT2D eigenvalue weighted by molar-refractivity contribution is 0.647. The predicted octanol–water partition coefficient (Wildman–Crippen LogP) is 6.04. The van der Waals surface area contributed by atoms with E-state index in [9.17, 15) is 0 Å². The molecule has 3 heteroatoms. The van der Waals surface area contributed by atoms with E-state index in [1.54, 1.807) is 11.3 Å². The summed E-state index contributed by atoms with van der Waals surface area (Å²) in [6.45, 7) is 4.52. The van der Waals surface area contributed by atoms with Gasteiger partial charge in [0.05, 0.1) is 7.71 Å². The molecule has 0 N–H and O–H groups in total. The van der Waals surface area contributed by atoms with Gasteiger partial charge in [0.25, 0.3) is 0 Å². The van der Waals surface area contributed by atoms with Gasteiger partial charge in [0.2, 0.25) is 0 Å². The Morgan fingerprint density at radius 2 is 1.83 bits per heavy atom. The molecule has 96 valence electrons. The largest absolute Gasteiger partial charge is 0.137 e. The molecule has 1 aromatic heterocycles. The van der Waals surface area contributed by atoms with E-state index in [1.165, 1.54) is 19.6 Å². The lowest BCUT2D eigenvalue weighted by atomic mass is 10.00. The minimum absolute atomic E-state index is 0.311. The van der Waals surface area contributed by atoms with E-state index < -0.39 is 0 Å². The Morgan fingerprint density at radius 3 is 2.33 bits per heavy atom. The first-order chi connectivity index (χ1) is 8.56. The molecule has 1 atom stereocenters. The van der Waals surface area contributed by atoms with Crippen LogP contribution in [-0.4, -0.2) is 0 Å². The number of benzene rings is 1. The first-order valence-electron chi connectivity index (χ1n) is 6.03. The summed E-state index contributed by atoms with van der Waals surface area (Å²) in [5, 5.41) is 2.23. The minimum Gasteiger partial charge on any atom is -0.137 e. The Kier molecular flexibility index (Phi) is 5.27.